The van der Waals surface area contributed by atoms with Gasteiger partial charge >= 0.3 is 5.97 Å². The van der Waals surface area contributed by atoms with Crippen LogP contribution in [0.4, 0.5) is 5.69 Å². The SMILES string of the molecule is C=CCOc1ccc([C@@H]2C(C(=O)OCC)=C(C)N=c3s/c(=C\c4cccc(OCc5ccc([N+](=O)[O-])cc5)c4)c(=O)n32)cc1. The molecule has 0 bridgehead atoms. The first kappa shape index (κ1) is 30.2. The Morgan fingerprint density at radius 2 is 1.84 bits per heavy atom. The number of fused-ring (bicyclic) bond motifs is 1. The molecule has 0 aliphatic carbocycles. The highest BCUT2D eigenvalue weighted by molar-refractivity contribution is 7.07. The summed E-state index contributed by atoms with van der Waals surface area (Å²) in [7, 11) is 0. The third-order valence-electron chi connectivity index (χ3n) is 6.79. The number of hydrogen-bond acceptors (Lipinski definition) is 9. The monoisotopic (exact) mass is 611 g/mol. The number of nitro benzene ring substituents is 1. The zero-order chi connectivity index (χ0) is 31.2. The van der Waals surface area contributed by atoms with Crippen molar-refractivity contribution in [1.29, 1.82) is 0 Å². The number of aromatic nitrogens is 1. The van der Waals surface area contributed by atoms with Gasteiger partial charge in [-0.3, -0.25) is 19.5 Å². The molecule has 10 nitrogen and oxygen atoms in total. The van der Waals surface area contributed by atoms with Crippen LogP contribution in [0.15, 0.2) is 107 Å². The van der Waals surface area contributed by atoms with Gasteiger partial charge in [0.1, 0.15) is 24.7 Å². The first-order valence-electron chi connectivity index (χ1n) is 13.8. The van der Waals surface area contributed by atoms with Gasteiger partial charge < -0.3 is 14.2 Å². The van der Waals surface area contributed by atoms with Crippen LogP contribution < -0.4 is 24.4 Å². The lowest BCUT2D eigenvalue weighted by molar-refractivity contribution is -0.384. The van der Waals surface area contributed by atoms with Crippen LogP contribution in [-0.2, 0) is 16.1 Å². The minimum absolute atomic E-state index is 0.0126. The van der Waals surface area contributed by atoms with Crippen LogP contribution in [0.2, 0.25) is 0 Å². The predicted octanol–water partition coefficient (Wildman–Crippen LogP) is 4.85. The molecule has 1 atom stereocenters. The maximum absolute atomic E-state index is 13.9. The Balaban J connectivity index is 1.49. The van der Waals surface area contributed by atoms with E-state index in [4.69, 9.17) is 14.2 Å². The number of allylic oxidation sites excluding steroid dienone is 1. The molecule has 1 aliphatic heterocycles. The number of hydrogen-bond donors (Lipinski definition) is 0. The highest BCUT2D eigenvalue weighted by atomic mass is 32.1. The third-order valence-corrected chi connectivity index (χ3v) is 7.77. The maximum Gasteiger partial charge on any atom is 0.338 e. The summed E-state index contributed by atoms with van der Waals surface area (Å²) in [4.78, 5) is 42.6. The quantitative estimate of drug-likeness (QED) is 0.103. The van der Waals surface area contributed by atoms with Crippen LogP contribution in [0.25, 0.3) is 6.08 Å². The molecule has 0 saturated heterocycles. The predicted molar refractivity (Wildman–Crippen MR) is 166 cm³/mol. The smallest absolute Gasteiger partial charge is 0.338 e. The number of non-ortho nitro benzene ring substituents is 1. The van der Waals surface area contributed by atoms with Crippen molar-refractivity contribution in [3.05, 3.63) is 143 Å². The highest BCUT2D eigenvalue weighted by Crippen LogP contribution is 2.31. The zero-order valence-corrected chi connectivity index (χ0v) is 24.9. The van der Waals surface area contributed by atoms with E-state index < -0.39 is 16.9 Å². The summed E-state index contributed by atoms with van der Waals surface area (Å²) < 4.78 is 18.9. The fourth-order valence-electron chi connectivity index (χ4n) is 4.73. The van der Waals surface area contributed by atoms with Gasteiger partial charge in [-0.05, 0) is 73.0 Å². The lowest BCUT2D eigenvalue weighted by Crippen LogP contribution is -2.39. The largest absolute Gasteiger partial charge is 0.490 e. The van der Waals surface area contributed by atoms with Crippen molar-refractivity contribution < 1.29 is 23.9 Å². The first-order chi connectivity index (χ1) is 21.3. The van der Waals surface area contributed by atoms with E-state index in [1.165, 1.54) is 28.0 Å². The lowest BCUT2D eigenvalue weighted by atomic mass is 9.96. The molecule has 224 valence electrons. The van der Waals surface area contributed by atoms with E-state index in [0.717, 1.165) is 11.1 Å². The van der Waals surface area contributed by atoms with Crippen molar-refractivity contribution in [1.82, 2.24) is 4.57 Å². The van der Waals surface area contributed by atoms with Gasteiger partial charge in [-0.15, -0.1) is 0 Å². The summed E-state index contributed by atoms with van der Waals surface area (Å²) in [6.45, 7) is 7.89. The van der Waals surface area contributed by atoms with Gasteiger partial charge in [-0.1, -0.05) is 48.3 Å². The summed E-state index contributed by atoms with van der Waals surface area (Å²) in [5, 5.41) is 10.9. The molecular formula is C33H29N3O7S. The van der Waals surface area contributed by atoms with Gasteiger partial charge in [0, 0.05) is 12.1 Å². The molecule has 44 heavy (non-hydrogen) atoms. The van der Waals surface area contributed by atoms with E-state index in [9.17, 15) is 19.7 Å². The van der Waals surface area contributed by atoms with Gasteiger partial charge in [0.05, 0.1) is 33.4 Å². The third kappa shape index (κ3) is 6.52. The van der Waals surface area contributed by atoms with Crippen LogP contribution in [0, 0.1) is 10.1 Å². The van der Waals surface area contributed by atoms with E-state index in [1.807, 2.05) is 24.3 Å². The molecule has 0 N–H and O–H groups in total. The summed E-state index contributed by atoms with van der Waals surface area (Å²) >= 11 is 1.23. The Hall–Kier alpha value is -5.29. The molecule has 1 aromatic heterocycles. The van der Waals surface area contributed by atoms with Crippen molar-refractivity contribution in [3.63, 3.8) is 0 Å². The fraction of sp³-hybridized carbons (Fsp3) is 0.182. The first-order valence-corrected chi connectivity index (χ1v) is 14.6. The second-order valence-corrected chi connectivity index (χ2v) is 10.8. The van der Waals surface area contributed by atoms with Crippen LogP contribution in [0.1, 0.15) is 36.6 Å². The molecule has 0 spiro atoms. The van der Waals surface area contributed by atoms with Crippen molar-refractivity contribution in [2.75, 3.05) is 13.2 Å². The molecule has 4 aromatic rings. The van der Waals surface area contributed by atoms with Gasteiger partial charge in [-0.2, -0.15) is 0 Å². The number of rotatable bonds is 11. The van der Waals surface area contributed by atoms with E-state index in [0.29, 0.717) is 44.3 Å². The van der Waals surface area contributed by atoms with Gasteiger partial charge in [0.2, 0.25) is 0 Å². The molecule has 0 radical (unpaired) electrons. The van der Waals surface area contributed by atoms with Crippen molar-refractivity contribution in [2.45, 2.75) is 26.5 Å². The number of nitro groups is 1. The Morgan fingerprint density at radius 1 is 1.09 bits per heavy atom. The number of benzene rings is 3. The summed E-state index contributed by atoms with van der Waals surface area (Å²) in [6, 6.07) is 19.9. The molecule has 0 fully saturated rings. The topological polar surface area (TPSA) is 122 Å². The molecule has 11 heteroatoms. The van der Waals surface area contributed by atoms with Crippen molar-refractivity contribution in [2.24, 2.45) is 4.99 Å². The minimum atomic E-state index is -0.739. The Labute approximate surface area is 256 Å². The molecule has 0 amide bonds. The Kier molecular flexibility index (Phi) is 9.15. The fourth-order valence-corrected chi connectivity index (χ4v) is 5.78. The average molecular weight is 612 g/mol. The van der Waals surface area contributed by atoms with Crippen molar-refractivity contribution >= 4 is 29.1 Å². The Morgan fingerprint density at radius 3 is 2.52 bits per heavy atom. The molecule has 1 aliphatic rings. The standard InChI is InChI=1S/C33H29N3O7S/c1-4-17-42-26-15-11-24(12-16-26)30-29(32(38)41-5-2)21(3)34-33-35(30)31(37)28(44-33)19-23-7-6-8-27(18-23)43-20-22-9-13-25(14-10-22)36(39)40/h4,6-16,18-19,30H,1,5,17,20H2,2-3H3/b28-19-/t30-/m1/s1. The van der Waals surface area contributed by atoms with E-state index in [-0.39, 0.29) is 24.5 Å². The average Bonchev–Trinajstić information content (AvgIpc) is 3.32. The normalized spacial score (nSPS) is 14.4. The number of nitrogens with zero attached hydrogens (tertiary/aromatic N) is 3. The highest BCUT2D eigenvalue weighted by Gasteiger charge is 2.33. The number of carbonyl (C=O) groups excluding carboxylic acids is 1. The van der Waals surface area contributed by atoms with Gasteiger partial charge in [0.25, 0.3) is 11.2 Å². The number of ether oxygens (including phenoxy) is 3. The number of thiazole rings is 1. The maximum atomic E-state index is 13.9. The van der Waals surface area contributed by atoms with Crippen LogP contribution in [0.5, 0.6) is 11.5 Å². The Bertz CT molecular complexity index is 1920. The van der Waals surface area contributed by atoms with Gasteiger partial charge in [-0.25, -0.2) is 9.79 Å². The number of esters is 1. The lowest BCUT2D eigenvalue weighted by Gasteiger charge is -2.24. The van der Waals surface area contributed by atoms with Crippen LogP contribution in [0.3, 0.4) is 0 Å². The van der Waals surface area contributed by atoms with E-state index >= 15 is 0 Å². The summed E-state index contributed by atoms with van der Waals surface area (Å²) in [6.07, 6.45) is 3.41. The molecule has 3 aromatic carbocycles. The van der Waals surface area contributed by atoms with Crippen LogP contribution in [-0.4, -0.2) is 28.7 Å². The molecule has 0 unspecified atom stereocenters. The molecular weight excluding hydrogens is 582 g/mol. The second-order valence-electron chi connectivity index (χ2n) is 9.76. The second kappa shape index (κ2) is 13.3. The van der Waals surface area contributed by atoms with Crippen molar-refractivity contribution in [3.8, 4) is 11.5 Å². The zero-order valence-electron chi connectivity index (χ0n) is 24.1. The minimum Gasteiger partial charge on any atom is -0.490 e. The van der Waals surface area contributed by atoms with E-state index in [2.05, 4.69) is 11.6 Å². The number of carbonyl (C=O) groups is 1. The van der Waals surface area contributed by atoms with E-state index in [1.54, 1.807) is 62.4 Å². The molecule has 5 rings (SSSR count). The molecule has 2 heterocycles. The molecule has 0 saturated carbocycles. The van der Waals surface area contributed by atoms with Crippen LogP contribution >= 0.6 is 11.3 Å². The van der Waals surface area contributed by atoms with Gasteiger partial charge in [0.15, 0.2) is 4.80 Å². The summed E-state index contributed by atoms with van der Waals surface area (Å²) in [5.41, 5.74) is 2.72. The summed E-state index contributed by atoms with van der Waals surface area (Å²) in [5.74, 6) is 0.676.